The lowest BCUT2D eigenvalue weighted by Crippen LogP contribution is -2.45. The first kappa shape index (κ1) is 20.2. The normalized spacial score (nSPS) is 25.8. The van der Waals surface area contributed by atoms with Crippen LogP contribution in [-0.2, 0) is 18.6 Å². The molecule has 0 aromatic heterocycles. The van der Waals surface area contributed by atoms with Crippen molar-refractivity contribution in [3.8, 4) is 0 Å². The average molecular weight is 382 g/mol. The number of hydrogen-bond donors (Lipinski definition) is 0. The maximum Gasteiger partial charge on any atom is 0.497 e. The molecule has 0 radical (unpaired) electrons. The molecule has 0 saturated carbocycles. The number of rotatable bonds is 2. The van der Waals surface area contributed by atoms with Crippen LogP contribution in [0.5, 0.6) is 0 Å². The summed E-state index contributed by atoms with van der Waals surface area (Å²) in [5.74, 6) is -0.480. The molecule has 0 unspecified atom stereocenters. The van der Waals surface area contributed by atoms with Gasteiger partial charge in [-0.25, -0.2) is 4.39 Å². The third-order valence-electron chi connectivity index (χ3n) is 6.11. The van der Waals surface area contributed by atoms with Gasteiger partial charge in [0.1, 0.15) is 5.82 Å². The van der Waals surface area contributed by atoms with Crippen molar-refractivity contribution >= 4 is 36.8 Å². The van der Waals surface area contributed by atoms with Gasteiger partial charge < -0.3 is 18.6 Å². The van der Waals surface area contributed by atoms with E-state index in [0.717, 1.165) is 0 Å². The van der Waals surface area contributed by atoms with Crippen LogP contribution in [0.1, 0.15) is 55.4 Å². The molecule has 0 bridgehead atoms. The van der Waals surface area contributed by atoms with Crippen molar-refractivity contribution in [3.05, 3.63) is 23.0 Å². The van der Waals surface area contributed by atoms with Crippen molar-refractivity contribution < 1.29 is 23.0 Å². The average Bonchev–Trinajstić information content (AvgIpc) is 2.80. The van der Waals surface area contributed by atoms with Crippen LogP contribution in [0.15, 0.2) is 12.1 Å². The molecule has 1 aromatic rings. The van der Waals surface area contributed by atoms with E-state index in [1.165, 1.54) is 12.1 Å². The predicted molar refractivity (Wildman–Crippen MR) is 103 cm³/mol. The van der Waals surface area contributed by atoms with Gasteiger partial charge in [-0.15, -0.1) is 0 Å². The molecular weight excluding hydrogens is 356 g/mol. The molecule has 4 nitrogen and oxygen atoms in total. The molecule has 2 fully saturated rings. The van der Waals surface area contributed by atoms with Crippen LogP contribution < -0.4 is 10.9 Å². The Hall–Kier alpha value is -0.590. The van der Waals surface area contributed by atoms with Gasteiger partial charge in [0.05, 0.1) is 22.4 Å². The van der Waals surface area contributed by atoms with Crippen molar-refractivity contribution in [2.75, 3.05) is 0 Å². The second kappa shape index (κ2) is 5.95. The van der Waals surface area contributed by atoms with Gasteiger partial charge in [0.2, 0.25) is 0 Å². The first-order chi connectivity index (χ1) is 11.7. The first-order valence-electron chi connectivity index (χ1n) is 8.87. The molecule has 2 heterocycles. The lowest BCUT2D eigenvalue weighted by molar-refractivity contribution is 0.00578. The van der Waals surface area contributed by atoms with E-state index in [2.05, 4.69) is 0 Å². The Labute approximate surface area is 161 Å². The summed E-state index contributed by atoms with van der Waals surface area (Å²) < 4.78 is 39.3. The highest BCUT2D eigenvalue weighted by Gasteiger charge is 2.55. The summed E-state index contributed by atoms with van der Waals surface area (Å²) in [4.78, 5) is 0. The third kappa shape index (κ3) is 3.12. The Bertz CT molecular complexity index is 647. The number of benzene rings is 1. The zero-order chi connectivity index (χ0) is 19.7. The molecule has 0 spiro atoms. The van der Waals surface area contributed by atoms with E-state index in [0.29, 0.717) is 5.02 Å². The molecule has 26 heavy (non-hydrogen) atoms. The van der Waals surface area contributed by atoms with E-state index >= 15 is 4.39 Å². The monoisotopic (exact) mass is 382 g/mol. The van der Waals surface area contributed by atoms with Gasteiger partial charge in [0, 0.05) is 15.9 Å². The fraction of sp³-hybridized carbons (Fsp3) is 0.667. The SMILES string of the molecule is CC1(C)OB(c2cc(Cl)cc(B3OC(C)(C)C(C)(C)O3)c2F)OC1(C)C. The second-order valence-corrected chi connectivity index (χ2v) is 9.51. The van der Waals surface area contributed by atoms with Gasteiger partial charge in [-0.3, -0.25) is 0 Å². The van der Waals surface area contributed by atoms with Crippen molar-refractivity contribution in [2.24, 2.45) is 0 Å². The van der Waals surface area contributed by atoms with E-state index in [1.807, 2.05) is 55.4 Å². The quantitative estimate of drug-likeness (QED) is 0.737. The Morgan fingerprint density at radius 3 is 1.23 bits per heavy atom. The molecule has 1 aromatic carbocycles. The summed E-state index contributed by atoms with van der Waals surface area (Å²) in [6.45, 7) is 15.4. The lowest BCUT2D eigenvalue weighted by Gasteiger charge is -2.32. The Kier molecular flexibility index (Phi) is 4.61. The molecule has 0 aliphatic carbocycles. The van der Waals surface area contributed by atoms with E-state index in [4.69, 9.17) is 30.2 Å². The second-order valence-electron chi connectivity index (χ2n) is 9.07. The Morgan fingerprint density at radius 1 is 0.692 bits per heavy atom. The predicted octanol–water partition coefficient (Wildman–Crippen LogP) is 3.08. The van der Waals surface area contributed by atoms with Gasteiger partial charge in [0.25, 0.3) is 0 Å². The summed E-state index contributed by atoms with van der Waals surface area (Å²) in [6.07, 6.45) is 0. The minimum absolute atomic E-state index is 0.251. The van der Waals surface area contributed by atoms with Crippen molar-refractivity contribution in [3.63, 3.8) is 0 Å². The van der Waals surface area contributed by atoms with Crippen LogP contribution >= 0.6 is 11.6 Å². The molecular formula is C18H26B2ClFO4. The maximum absolute atomic E-state index is 15.4. The van der Waals surface area contributed by atoms with Crippen LogP contribution in [0.3, 0.4) is 0 Å². The molecule has 2 aliphatic rings. The zero-order valence-corrected chi connectivity index (χ0v) is 17.5. The van der Waals surface area contributed by atoms with Gasteiger partial charge in [-0.2, -0.15) is 0 Å². The highest BCUT2D eigenvalue weighted by atomic mass is 35.5. The van der Waals surface area contributed by atoms with E-state index < -0.39 is 42.5 Å². The van der Waals surface area contributed by atoms with Crippen LogP contribution in [0.2, 0.25) is 5.02 Å². The van der Waals surface area contributed by atoms with E-state index in [1.54, 1.807) is 0 Å². The minimum Gasteiger partial charge on any atom is -0.399 e. The van der Waals surface area contributed by atoms with Crippen LogP contribution in [-0.4, -0.2) is 36.6 Å². The maximum atomic E-state index is 15.4. The van der Waals surface area contributed by atoms with Crippen LogP contribution in [0.25, 0.3) is 0 Å². The van der Waals surface area contributed by atoms with Gasteiger partial charge in [-0.05, 0) is 67.5 Å². The van der Waals surface area contributed by atoms with Gasteiger partial charge in [-0.1, -0.05) is 11.6 Å². The first-order valence-corrected chi connectivity index (χ1v) is 9.25. The molecule has 0 N–H and O–H groups in total. The molecule has 3 rings (SSSR count). The van der Waals surface area contributed by atoms with Gasteiger partial charge in [0.15, 0.2) is 0 Å². The summed E-state index contributed by atoms with van der Waals surface area (Å²) >= 11 is 6.27. The molecule has 142 valence electrons. The van der Waals surface area contributed by atoms with E-state index in [9.17, 15) is 0 Å². The fourth-order valence-corrected chi connectivity index (χ4v) is 3.15. The molecule has 2 saturated heterocycles. The number of halogens is 2. The minimum atomic E-state index is -0.847. The molecule has 2 aliphatic heterocycles. The van der Waals surface area contributed by atoms with Crippen molar-refractivity contribution in [1.82, 2.24) is 0 Å². The van der Waals surface area contributed by atoms with Crippen molar-refractivity contribution in [2.45, 2.75) is 77.8 Å². The highest BCUT2D eigenvalue weighted by molar-refractivity contribution is 6.66. The Balaban J connectivity index is 1.99. The third-order valence-corrected chi connectivity index (χ3v) is 6.33. The zero-order valence-electron chi connectivity index (χ0n) is 16.7. The largest absolute Gasteiger partial charge is 0.497 e. The molecule has 8 heteroatoms. The summed E-state index contributed by atoms with van der Waals surface area (Å²) in [7, 11) is -1.69. The highest BCUT2D eigenvalue weighted by Crippen LogP contribution is 2.38. The van der Waals surface area contributed by atoms with Crippen molar-refractivity contribution in [1.29, 1.82) is 0 Å². The molecule has 0 amide bonds. The van der Waals surface area contributed by atoms with Crippen LogP contribution in [0.4, 0.5) is 4.39 Å². The molecule has 0 atom stereocenters. The standard InChI is InChI=1S/C18H26B2ClFO4/c1-15(2)16(3,4)24-19(23-15)12-9-11(21)10-13(14(12)22)20-25-17(5,6)18(7,8)26-20/h9-10H,1-8H3. The van der Waals surface area contributed by atoms with Crippen LogP contribution in [0, 0.1) is 5.82 Å². The topological polar surface area (TPSA) is 36.9 Å². The smallest absolute Gasteiger partial charge is 0.399 e. The Morgan fingerprint density at radius 2 is 0.962 bits per heavy atom. The summed E-state index contributed by atoms with van der Waals surface area (Å²) in [6, 6.07) is 3.07. The number of hydrogen-bond acceptors (Lipinski definition) is 4. The van der Waals surface area contributed by atoms with E-state index in [-0.39, 0.29) is 10.9 Å². The summed E-state index contributed by atoms with van der Waals surface area (Å²) in [5, 5.41) is 0.376. The van der Waals surface area contributed by atoms with Gasteiger partial charge >= 0.3 is 14.2 Å². The fourth-order valence-electron chi connectivity index (χ4n) is 2.92. The summed E-state index contributed by atoms with van der Waals surface area (Å²) in [5.41, 5.74) is -1.79. The lowest BCUT2D eigenvalue weighted by atomic mass is 9.71.